The highest BCUT2D eigenvalue weighted by Gasteiger charge is 2.19. The molecule has 12 rings (SSSR count). The van der Waals surface area contributed by atoms with Crippen molar-refractivity contribution in [2.24, 2.45) is 0 Å². The Morgan fingerprint density at radius 1 is 0.333 bits per heavy atom. The second-order valence-electron chi connectivity index (χ2n) is 14.4. The van der Waals surface area contributed by atoms with E-state index in [9.17, 15) is 0 Å². The molecule has 266 valence electrons. The van der Waals surface area contributed by atoms with Crippen LogP contribution in [0.5, 0.6) is 0 Å². The van der Waals surface area contributed by atoms with Crippen molar-refractivity contribution in [3.63, 3.8) is 0 Å². The summed E-state index contributed by atoms with van der Waals surface area (Å²) in [6, 6.07) is 64.9. The van der Waals surface area contributed by atoms with Crippen molar-refractivity contribution in [1.29, 1.82) is 0 Å². The van der Waals surface area contributed by atoms with Gasteiger partial charge in [0.05, 0.1) is 11.0 Å². The predicted molar refractivity (Wildman–Crippen MR) is 242 cm³/mol. The Hall–Kier alpha value is -6.99. The first-order chi connectivity index (χ1) is 28.2. The van der Waals surface area contributed by atoms with Gasteiger partial charge in [-0.3, -0.25) is 0 Å². The molecule has 0 N–H and O–H groups in total. The molecule has 12 aromatic rings. The van der Waals surface area contributed by atoms with Crippen LogP contribution in [0.3, 0.4) is 0 Å². The molecule has 0 radical (unpaired) electrons. The SMILES string of the molecule is c1ccc(-c2nc(-c3ccccc3)nc(-c3cccc4c3sc3ccc(-c5cccc6c5sc5cc(-n7c8ccccc8c8ccccc87)ccc56)cc34)n2)cc1. The molecule has 0 spiro atoms. The van der Waals surface area contributed by atoms with Crippen LogP contribution >= 0.6 is 22.7 Å². The first-order valence-electron chi connectivity index (χ1n) is 19.0. The van der Waals surface area contributed by atoms with E-state index in [0.29, 0.717) is 17.5 Å². The molecule has 0 fully saturated rings. The van der Waals surface area contributed by atoms with E-state index < -0.39 is 0 Å². The number of hydrogen-bond acceptors (Lipinski definition) is 5. The molecule has 8 aromatic carbocycles. The summed E-state index contributed by atoms with van der Waals surface area (Å²) >= 11 is 3.68. The lowest BCUT2D eigenvalue weighted by Gasteiger charge is -2.09. The van der Waals surface area contributed by atoms with E-state index in [-0.39, 0.29) is 0 Å². The average Bonchev–Trinajstić information content (AvgIpc) is 3.96. The van der Waals surface area contributed by atoms with Gasteiger partial charge in [0, 0.05) is 73.5 Å². The maximum atomic E-state index is 5.08. The Morgan fingerprint density at radius 3 is 1.56 bits per heavy atom. The quantitative estimate of drug-likeness (QED) is 0.175. The molecule has 0 unspecified atom stereocenters. The number of benzene rings is 8. The Kier molecular flexibility index (Phi) is 7.24. The standard InChI is InChI=1S/C51H30N4S2/c1-3-13-31(14-4-1)49-52-50(32-15-5-2-6-16-32)54-51(53-49)41-22-12-21-40-42-29-33(25-28-45(42)56-48(40)41)35-19-11-20-39-38-27-26-34(30-46(38)57-47(35)39)55-43-23-9-7-17-36(43)37-18-8-10-24-44(37)55/h1-30H. The molecule has 0 saturated heterocycles. The van der Waals surface area contributed by atoms with E-state index in [1.165, 1.54) is 79.0 Å². The second-order valence-corrected chi connectivity index (χ2v) is 16.5. The van der Waals surface area contributed by atoms with Gasteiger partial charge < -0.3 is 4.57 Å². The molecular weight excluding hydrogens is 733 g/mol. The zero-order valence-electron chi connectivity index (χ0n) is 30.4. The molecule has 4 aromatic heterocycles. The van der Waals surface area contributed by atoms with Crippen molar-refractivity contribution in [2.75, 3.05) is 0 Å². The van der Waals surface area contributed by atoms with Gasteiger partial charge in [0.15, 0.2) is 17.5 Å². The molecular formula is C51H30N4S2. The Bertz CT molecular complexity index is 3410. The van der Waals surface area contributed by atoms with E-state index in [1.807, 2.05) is 47.7 Å². The molecule has 0 saturated carbocycles. The molecule has 0 aliphatic heterocycles. The van der Waals surface area contributed by atoms with E-state index in [1.54, 1.807) is 11.3 Å². The predicted octanol–water partition coefficient (Wildman–Crippen LogP) is 14.4. The number of rotatable bonds is 5. The third-order valence-electron chi connectivity index (χ3n) is 11.1. The van der Waals surface area contributed by atoms with Crippen molar-refractivity contribution in [1.82, 2.24) is 19.5 Å². The maximum Gasteiger partial charge on any atom is 0.165 e. The van der Waals surface area contributed by atoms with Crippen LogP contribution in [0.4, 0.5) is 0 Å². The van der Waals surface area contributed by atoms with Crippen molar-refractivity contribution in [3.05, 3.63) is 182 Å². The third kappa shape index (κ3) is 5.15. The monoisotopic (exact) mass is 762 g/mol. The average molecular weight is 763 g/mol. The van der Waals surface area contributed by atoms with Crippen LogP contribution < -0.4 is 0 Å². The van der Waals surface area contributed by atoms with Crippen LogP contribution in [-0.2, 0) is 0 Å². The van der Waals surface area contributed by atoms with Crippen molar-refractivity contribution < 1.29 is 0 Å². The van der Waals surface area contributed by atoms with Crippen LogP contribution in [0.15, 0.2) is 182 Å². The summed E-state index contributed by atoms with van der Waals surface area (Å²) in [6.07, 6.45) is 0. The first kappa shape index (κ1) is 32.3. The Balaban J connectivity index is 0.993. The molecule has 0 atom stereocenters. The fourth-order valence-corrected chi connectivity index (χ4v) is 10.9. The van der Waals surface area contributed by atoms with E-state index in [4.69, 9.17) is 15.0 Å². The first-order valence-corrected chi connectivity index (χ1v) is 20.7. The van der Waals surface area contributed by atoms with Gasteiger partial charge in [0.1, 0.15) is 0 Å². The van der Waals surface area contributed by atoms with Gasteiger partial charge in [-0.25, -0.2) is 15.0 Å². The molecule has 0 aliphatic rings. The minimum atomic E-state index is 0.665. The van der Waals surface area contributed by atoms with Gasteiger partial charge in [0.25, 0.3) is 0 Å². The van der Waals surface area contributed by atoms with Gasteiger partial charge in [-0.15, -0.1) is 22.7 Å². The lowest BCUT2D eigenvalue weighted by atomic mass is 10.00. The van der Waals surface area contributed by atoms with Crippen LogP contribution in [0.1, 0.15) is 0 Å². The summed E-state index contributed by atoms with van der Waals surface area (Å²) < 4.78 is 7.40. The molecule has 4 heterocycles. The van der Waals surface area contributed by atoms with Crippen LogP contribution in [0.25, 0.3) is 113 Å². The summed E-state index contributed by atoms with van der Waals surface area (Å²) in [5.74, 6) is 2.01. The van der Waals surface area contributed by atoms with Gasteiger partial charge in [0.2, 0.25) is 0 Å². The number of nitrogens with zero attached hydrogens (tertiary/aromatic N) is 4. The van der Waals surface area contributed by atoms with Crippen molar-refractivity contribution in [3.8, 4) is 51.0 Å². The highest BCUT2D eigenvalue weighted by atomic mass is 32.1. The molecule has 57 heavy (non-hydrogen) atoms. The van der Waals surface area contributed by atoms with Crippen LogP contribution in [-0.4, -0.2) is 19.5 Å². The van der Waals surface area contributed by atoms with E-state index >= 15 is 0 Å². The van der Waals surface area contributed by atoms with Gasteiger partial charge in [-0.1, -0.05) is 140 Å². The molecule has 0 aliphatic carbocycles. The van der Waals surface area contributed by atoms with E-state index in [2.05, 4.69) is 150 Å². The maximum absolute atomic E-state index is 5.08. The molecule has 6 heteroatoms. The summed E-state index contributed by atoms with van der Waals surface area (Å²) in [7, 11) is 0. The van der Waals surface area contributed by atoms with Gasteiger partial charge >= 0.3 is 0 Å². The smallest absolute Gasteiger partial charge is 0.165 e. The summed E-state index contributed by atoms with van der Waals surface area (Å²) in [5, 5.41) is 7.57. The zero-order valence-corrected chi connectivity index (χ0v) is 32.1. The number of hydrogen-bond donors (Lipinski definition) is 0. The van der Waals surface area contributed by atoms with E-state index in [0.717, 1.165) is 16.7 Å². The number of para-hydroxylation sites is 2. The lowest BCUT2D eigenvalue weighted by Crippen LogP contribution is -2.00. The second kappa shape index (κ2) is 12.8. The van der Waals surface area contributed by atoms with Crippen molar-refractivity contribution >= 4 is 84.8 Å². The fraction of sp³-hybridized carbons (Fsp3) is 0. The highest BCUT2D eigenvalue weighted by Crippen LogP contribution is 2.45. The van der Waals surface area contributed by atoms with Crippen LogP contribution in [0.2, 0.25) is 0 Å². The van der Waals surface area contributed by atoms with Crippen LogP contribution in [0, 0.1) is 0 Å². The topological polar surface area (TPSA) is 43.6 Å². The summed E-state index contributed by atoms with van der Waals surface area (Å²) in [6.45, 7) is 0. The minimum Gasteiger partial charge on any atom is -0.309 e. The lowest BCUT2D eigenvalue weighted by molar-refractivity contribution is 1.08. The molecule has 0 amide bonds. The summed E-state index contributed by atoms with van der Waals surface area (Å²) in [4.78, 5) is 15.1. The normalized spacial score (nSPS) is 11.9. The number of thiophene rings is 2. The Morgan fingerprint density at radius 2 is 0.877 bits per heavy atom. The highest BCUT2D eigenvalue weighted by molar-refractivity contribution is 7.26. The molecule has 0 bridgehead atoms. The number of aromatic nitrogens is 4. The summed E-state index contributed by atoms with van der Waals surface area (Å²) in [5.41, 5.74) is 9.03. The zero-order chi connectivity index (χ0) is 37.5. The third-order valence-corrected chi connectivity index (χ3v) is 13.5. The molecule has 4 nitrogen and oxygen atoms in total. The minimum absolute atomic E-state index is 0.665. The van der Waals surface area contributed by atoms with Gasteiger partial charge in [-0.05, 0) is 53.6 Å². The fourth-order valence-electron chi connectivity index (χ4n) is 8.43. The van der Waals surface area contributed by atoms with Crippen molar-refractivity contribution in [2.45, 2.75) is 0 Å². The largest absolute Gasteiger partial charge is 0.309 e. The Labute approximate surface area is 335 Å². The van der Waals surface area contributed by atoms with Gasteiger partial charge in [-0.2, -0.15) is 0 Å². The number of fused-ring (bicyclic) bond motifs is 9.